The minimum absolute atomic E-state index is 0.0659. The molecular weight excluding hydrogens is 321 g/mol. The van der Waals surface area contributed by atoms with Crippen molar-refractivity contribution in [3.63, 3.8) is 0 Å². The quantitative estimate of drug-likeness (QED) is 0.840. The van der Waals surface area contributed by atoms with Crippen LogP contribution < -0.4 is 0 Å². The zero-order chi connectivity index (χ0) is 14.1. The van der Waals surface area contributed by atoms with Gasteiger partial charge < -0.3 is 0 Å². The van der Waals surface area contributed by atoms with E-state index < -0.39 is 0 Å². The molecule has 102 valence electrons. The first-order valence-electron chi connectivity index (χ1n) is 6.38. The van der Waals surface area contributed by atoms with Crippen molar-refractivity contribution in [1.29, 1.82) is 0 Å². The fraction of sp³-hybridized carbons (Fsp3) is 0.200. The number of aromatic nitrogens is 3. The van der Waals surface area contributed by atoms with Gasteiger partial charge in [0.05, 0.1) is 12.2 Å². The van der Waals surface area contributed by atoms with Gasteiger partial charge in [-0.15, -0.1) is 5.10 Å². The van der Waals surface area contributed by atoms with Crippen LogP contribution in [0.4, 0.5) is 4.39 Å². The fourth-order valence-corrected chi connectivity index (χ4v) is 2.91. The summed E-state index contributed by atoms with van der Waals surface area (Å²) in [6, 6.07) is 6.66. The van der Waals surface area contributed by atoms with E-state index in [0.717, 1.165) is 10.9 Å². The van der Waals surface area contributed by atoms with E-state index in [0.29, 0.717) is 11.3 Å². The van der Waals surface area contributed by atoms with Crippen molar-refractivity contribution in [3.05, 3.63) is 58.5 Å². The monoisotopic (exact) mass is 333 g/mol. The molecule has 1 aromatic heterocycles. The summed E-state index contributed by atoms with van der Waals surface area (Å²) in [5.41, 5.74) is 2.20. The van der Waals surface area contributed by atoms with Gasteiger partial charge in [-0.3, -0.25) is 0 Å². The third-order valence-electron chi connectivity index (χ3n) is 3.41. The van der Waals surface area contributed by atoms with E-state index >= 15 is 0 Å². The minimum atomic E-state index is -0.284. The lowest BCUT2D eigenvalue weighted by Gasteiger charge is -2.12. The molecule has 1 aromatic carbocycles. The highest BCUT2D eigenvalue weighted by atomic mass is 79.9. The van der Waals surface area contributed by atoms with Gasteiger partial charge in [0.2, 0.25) is 0 Å². The molecule has 0 saturated heterocycles. The Kier molecular flexibility index (Phi) is 3.53. The Bertz CT molecular complexity index is 703. The van der Waals surface area contributed by atoms with Gasteiger partial charge in [0, 0.05) is 10.0 Å². The normalized spacial score (nSPS) is 15.9. The van der Waals surface area contributed by atoms with Crippen LogP contribution in [0, 0.1) is 5.82 Å². The Morgan fingerprint density at radius 1 is 1.35 bits per heavy atom. The second-order valence-corrected chi connectivity index (χ2v) is 5.66. The van der Waals surface area contributed by atoms with Gasteiger partial charge in [0.25, 0.3) is 0 Å². The molecule has 3 rings (SSSR count). The Labute approximate surface area is 124 Å². The number of rotatable bonds is 3. The highest BCUT2D eigenvalue weighted by Crippen LogP contribution is 2.32. The second kappa shape index (κ2) is 5.32. The molecule has 1 heterocycles. The first-order chi connectivity index (χ1) is 9.66. The molecule has 0 radical (unpaired) electrons. The van der Waals surface area contributed by atoms with E-state index in [-0.39, 0.29) is 11.9 Å². The molecule has 0 fully saturated rings. The minimum Gasteiger partial charge on any atom is -0.245 e. The summed E-state index contributed by atoms with van der Waals surface area (Å²) in [7, 11) is 0. The van der Waals surface area contributed by atoms with Gasteiger partial charge in [0.15, 0.2) is 0 Å². The number of halogens is 2. The predicted molar refractivity (Wildman–Crippen MR) is 79.8 cm³/mol. The maximum absolute atomic E-state index is 13.7. The number of hydrogen-bond acceptors (Lipinski definition) is 2. The highest BCUT2D eigenvalue weighted by molar-refractivity contribution is 9.11. The smallest absolute Gasteiger partial charge is 0.132 e. The average Bonchev–Trinajstić information content (AvgIpc) is 3.07. The zero-order valence-electron chi connectivity index (χ0n) is 10.9. The summed E-state index contributed by atoms with van der Waals surface area (Å²) in [6.07, 6.45) is 6.88. The summed E-state index contributed by atoms with van der Waals surface area (Å²) >= 11 is 3.56. The van der Waals surface area contributed by atoms with Gasteiger partial charge in [-0.05, 0) is 31.1 Å². The first kappa shape index (κ1) is 13.2. The molecule has 0 N–H and O–H groups in total. The van der Waals surface area contributed by atoms with Crippen LogP contribution in [-0.4, -0.2) is 15.0 Å². The fourth-order valence-electron chi connectivity index (χ4n) is 2.26. The molecule has 20 heavy (non-hydrogen) atoms. The van der Waals surface area contributed by atoms with Gasteiger partial charge in [0.1, 0.15) is 11.5 Å². The lowest BCUT2D eigenvalue weighted by molar-refractivity contribution is 0.542. The van der Waals surface area contributed by atoms with Crippen LogP contribution in [0.3, 0.4) is 0 Å². The molecule has 1 atom stereocenters. The van der Waals surface area contributed by atoms with Gasteiger partial charge >= 0.3 is 0 Å². The third kappa shape index (κ3) is 2.33. The van der Waals surface area contributed by atoms with E-state index in [1.807, 2.05) is 6.92 Å². The Morgan fingerprint density at radius 2 is 2.15 bits per heavy atom. The molecule has 2 aromatic rings. The lowest BCUT2D eigenvalue weighted by atomic mass is 10.1. The molecule has 0 unspecified atom stereocenters. The maximum atomic E-state index is 13.7. The van der Waals surface area contributed by atoms with Crippen LogP contribution in [-0.2, 0) is 0 Å². The van der Waals surface area contributed by atoms with Crippen LogP contribution in [0.1, 0.15) is 19.4 Å². The molecule has 0 spiro atoms. The molecule has 3 nitrogen and oxygen atoms in total. The molecule has 0 aliphatic heterocycles. The van der Waals surface area contributed by atoms with Crippen LogP contribution in [0.5, 0.6) is 0 Å². The predicted octanol–water partition coefficient (Wildman–Crippen LogP) is 4.25. The van der Waals surface area contributed by atoms with Crippen molar-refractivity contribution in [2.24, 2.45) is 0 Å². The average molecular weight is 334 g/mol. The van der Waals surface area contributed by atoms with Crippen molar-refractivity contribution >= 4 is 15.9 Å². The molecule has 1 aliphatic carbocycles. The van der Waals surface area contributed by atoms with E-state index in [2.05, 4.69) is 38.4 Å². The molecule has 0 amide bonds. The van der Waals surface area contributed by atoms with Gasteiger partial charge in [-0.25, -0.2) is 9.07 Å². The summed E-state index contributed by atoms with van der Waals surface area (Å²) in [6.45, 7) is 2.05. The number of benzene rings is 1. The largest absolute Gasteiger partial charge is 0.245 e. The summed E-state index contributed by atoms with van der Waals surface area (Å²) in [5, 5.41) is 8.20. The Balaban J connectivity index is 1.93. The van der Waals surface area contributed by atoms with Crippen molar-refractivity contribution in [2.45, 2.75) is 19.4 Å². The molecule has 1 aliphatic rings. The third-order valence-corrected chi connectivity index (χ3v) is 4.20. The van der Waals surface area contributed by atoms with Crippen LogP contribution >= 0.6 is 15.9 Å². The van der Waals surface area contributed by atoms with Crippen LogP contribution in [0.15, 0.2) is 52.7 Å². The number of allylic oxidation sites excluding steroid dienone is 4. The molecular formula is C15H13BrFN3. The van der Waals surface area contributed by atoms with E-state index in [1.165, 1.54) is 11.6 Å². The molecule has 0 saturated carbocycles. The van der Waals surface area contributed by atoms with Crippen LogP contribution in [0.2, 0.25) is 0 Å². The van der Waals surface area contributed by atoms with Crippen molar-refractivity contribution in [2.75, 3.05) is 0 Å². The van der Waals surface area contributed by atoms with Crippen LogP contribution in [0.25, 0.3) is 11.3 Å². The summed E-state index contributed by atoms with van der Waals surface area (Å²) in [4.78, 5) is 0. The standard InChI is InChI=1S/C15H13BrFN3/c1-10(11-6-4-7-13(11)16)20-9-15(18-19-20)12-5-2-3-8-14(12)17/h2-6,8-10H,7H2,1H3/t10-/m0/s1. The molecule has 0 bridgehead atoms. The first-order valence-corrected chi connectivity index (χ1v) is 7.18. The summed E-state index contributed by atoms with van der Waals surface area (Å²) < 4.78 is 16.7. The SMILES string of the molecule is C[C@@H](C1=C(Br)CC=C1)n1cc(-c2ccccc2F)nn1. The zero-order valence-corrected chi connectivity index (χ0v) is 12.5. The van der Waals surface area contributed by atoms with Crippen molar-refractivity contribution in [1.82, 2.24) is 15.0 Å². The number of nitrogens with zero attached hydrogens (tertiary/aromatic N) is 3. The van der Waals surface area contributed by atoms with E-state index in [9.17, 15) is 4.39 Å². The lowest BCUT2D eigenvalue weighted by Crippen LogP contribution is -2.07. The van der Waals surface area contributed by atoms with Gasteiger partial charge in [-0.2, -0.15) is 0 Å². The second-order valence-electron chi connectivity index (χ2n) is 4.71. The van der Waals surface area contributed by atoms with E-state index in [1.54, 1.807) is 29.1 Å². The Morgan fingerprint density at radius 3 is 2.85 bits per heavy atom. The van der Waals surface area contributed by atoms with Gasteiger partial charge in [-0.1, -0.05) is 45.4 Å². The maximum Gasteiger partial charge on any atom is 0.132 e. The topological polar surface area (TPSA) is 30.7 Å². The molecule has 5 heteroatoms. The van der Waals surface area contributed by atoms with Crippen molar-refractivity contribution < 1.29 is 4.39 Å². The summed E-state index contributed by atoms with van der Waals surface area (Å²) in [5.74, 6) is -0.284. The number of hydrogen-bond donors (Lipinski definition) is 0. The van der Waals surface area contributed by atoms with E-state index in [4.69, 9.17) is 0 Å². The highest BCUT2D eigenvalue weighted by Gasteiger charge is 2.18. The van der Waals surface area contributed by atoms with Crippen molar-refractivity contribution in [3.8, 4) is 11.3 Å². The Hall–Kier alpha value is -1.75.